The first-order valence-electron chi connectivity index (χ1n) is 5.85. The second kappa shape index (κ2) is 6.73. The van der Waals surface area contributed by atoms with Gasteiger partial charge in [0.15, 0.2) is 0 Å². The highest BCUT2D eigenvalue weighted by atomic mass is 16.1. The normalized spacial score (nSPS) is 9.82. The molecule has 94 valence electrons. The first-order chi connectivity index (χ1) is 8.21. The maximum Gasteiger partial charge on any atom is 0.239 e. The van der Waals surface area contributed by atoms with Gasteiger partial charge in [0.25, 0.3) is 0 Å². The van der Waals surface area contributed by atoms with Gasteiger partial charge < -0.3 is 15.5 Å². The average Bonchev–Trinajstić information content (AvgIpc) is 2.36. The molecule has 0 fully saturated rings. The lowest BCUT2D eigenvalue weighted by atomic mass is 10.3. The highest BCUT2D eigenvalue weighted by molar-refractivity contribution is 5.81. The lowest BCUT2D eigenvalue weighted by molar-refractivity contribution is -0.119. The van der Waals surface area contributed by atoms with Crippen LogP contribution in [0.5, 0.6) is 0 Å². The van der Waals surface area contributed by atoms with Gasteiger partial charge in [-0.1, -0.05) is 0 Å². The molecule has 0 aliphatic heterocycles. The van der Waals surface area contributed by atoms with Crippen LogP contribution >= 0.6 is 0 Å². The largest absolute Gasteiger partial charge is 0.384 e. The molecule has 0 spiro atoms. The summed E-state index contributed by atoms with van der Waals surface area (Å²) in [5, 5.41) is 5.83. The molecule has 17 heavy (non-hydrogen) atoms. The SMILES string of the molecule is CCNc1cncc(N(CC)CC(=O)NC)c1. The van der Waals surface area contributed by atoms with E-state index in [-0.39, 0.29) is 5.91 Å². The predicted octanol–water partition coefficient (Wildman–Crippen LogP) is 1.09. The number of likely N-dealkylation sites (N-methyl/N-ethyl adjacent to an activating group) is 2. The van der Waals surface area contributed by atoms with E-state index in [1.165, 1.54) is 0 Å². The molecule has 1 aromatic rings. The Morgan fingerprint density at radius 2 is 2.18 bits per heavy atom. The summed E-state index contributed by atoms with van der Waals surface area (Å²) in [5.74, 6) is 0.000652. The van der Waals surface area contributed by atoms with Gasteiger partial charge in [-0.05, 0) is 19.9 Å². The molecule has 0 saturated carbocycles. The van der Waals surface area contributed by atoms with Crippen molar-refractivity contribution in [3.05, 3.63) is 18.5 Å². The van der Waals surface area contributed by atoms with Crippen molar-refractivity contribution in [2.75, 3.05) is 36.9 Å². The quantitative estimate of drug-likeness (QED) is 0.776. The summed E-state index contributed by atoms with van der Waals surface area (Å²) in [5.41, 5.74) is 1.93. The Hall–Kier alpha value is -1.78. The minimum Gasteiger partial charge on any atom is -0.384 e. The van der Waals surface area contributed by atoms with Crippen LogP contribution in [-0.4, -0.2) is 37.6 Å². The molecule has 0 bridgehead atoms. The van der Waals surface area contributed by atoms with Crippen LogP contribution in [0.15, 0.2) is 18.5 Å². The molecular weight excluding hydrogens is 216 g/mol. The predicted molar refractivity (Wildman–Crippen MR) is 70.4 cm³/mol. The van der Waals surface area contributed by atoms with Crippen molar-refractivity contribution in [3.63, 3.8) is 0 Å². The number of hydrogen-bond donors (Lipinski definition) is 2. The molecule has 2 N–H and O–H groups in total. The number of amides is 1. The maximum atomic E-state index is 11.4. The summed E-state index contributed by atoms with van der Waals surface area (Å²) in [6.45, 7) is 6.03. The third-order valence-corrected chi connectivity index (χ3v) is 2.46. The van der Waals surface area contributed by atoms with Crippen LogP contribution in [0, 0.1) is 0 Å². The van der Waals surface area contributed by atoms with Gasteiger partial charge in [-0.15, -0.1) is 0 Å². The molecule has 5 heteroatoms. The molecule has 1 rings (SSSR count). The summed E-state index contributed by atoms with van der Waals surface area (Å²) >= 11 is 0. The van der Waals surface area contributed by atoms with Gasteiger partial charge in [-0.25, -0.2) is 0 Å². The molecule has 0 saturated heterocycles. The minimum atomic E-state index is 0.000652. The average molecular weight is 236 g/mol. The van der Waals surface area contributed by atoms with Crippen LogP contribution in [0.25, 0.3) is 0 Å². The van der Waals surface area contributed by atoms with Gasteiger partial charge >= 0.3 is 0 Å². The number of pyridine rings is 1. The minimum absolute atomic E-state index is 0.000652. The van der Waals surface area contributed by atoms with Crippen molar-refractivity contribution in [1.82, 2.24) is 10.3 Å². The highest BCUT2D eigenvalue weighted by Crippen LogP contribution is 2.17. The van der Waals surface area contributed by atoms with Crippen molar-refractivity contribution >= 4 is 17.3 Å². The van der Waals surface area contributed by atoms with Crippen molar-refractivity contribution in [3.8, 4) is 0 Å². The molecule has 0 atom stereocenters. The third kappa shape index (κ3) is 3.94. The first kappa shape index (κ1) is 13.3. The van der Waals surface area contributed by atoms with Crippen LogP contribution in [-0.2, 0) is 4.79 Å². The van der Waals surface area contributed by atoms with E-state index in [0.29, 0.717) is 6.54 Å². The Bertz CT molecular complexity index is 367. The van der Waals surface area contributed by atoms with Gasteiger partial charge in [-0.3, -0.25) is 9.78 Å². The Balaban J connectivity index is 2.80. The zero-order valence-corrected chi connectivity index (χ0v) is 10.7. The lowest BCUT2D eigenvalue weighted by Gasteiger charge is -2.22. The summed E-state index contributed by atoms with van der Waals surface area (Å²) < 4.78 is 0. The molecule has 0 radical (unpaired) electrons. The summed E-state index contributed by atoms with van der Waals surface area (Å²) in [6, 6.07) is 2.00. The third-order valence-electron chi connectivity index (χ3n) is 2.46. The zero-order valence-electron chi connectivity index (χ0n) is 10.7. The maximum absolute atomic E-state index is 11.4. The Labute approximate surface area is 102 Å². The van der Waals surface area contributed by atoms with Crippen molar-refractivity contribution < 1.29 is 4.79 Å². The van der Waals surface area contributed by atoms with E-state index in [0.717, 1.165) is 24.5 Å². The van der Waals surface area contributed by atoms with Gasteiger partial charge in [0.1, 0.15) is 0 Å². The second-order valence-corrected chi connectivity index (χ2v) is 3.65. The molecule has 1 heterocycles. The van der Waals surface area contributed by atoms with Crippen LogP contribution in [0.2, 0.25) is 0 Å². The Morgan fingerprint density at radius 3 is 2.76 bits per heavy atom. The summed E-state index contributed by atoms with van der Waals surface area (Å²) in [7, 11) is 1.64. The summed E-state index contributed by atoms with van der Waals surface area (Å²) in [4.78, 5) is 17.5. The molecular formula is C12H20N4O. The molecule has 5 nitrogen and oxygen atoms in total. The number of rotatable bonds is 6. The fourth-order valence-corrected chi connectivity index (χ4v) is 1.54. The molecule has 0 unspecified atom stereocenters. The smallest absolute Gasteiger partial charge is 0.239 e. The zero-order chi connectivity index (χ0) is 12.7. The van der Waals surface area contributed by atoms with Crippen molar-refractivity contribution in [2.45, 2.75) is 13.8 Å². The number of nitrogens with zero attached hydrogens (tertiary/aromatic N) is 2. The topological polar surface area (TPSA) is 57.3 Å². The molecule has 1 amide bonds. The Kier molecular flexibility index (Phi) is 5.26. The molecule has 1 aromatic heterocycles. The van der Waals surface area contributed by atoms with E-state index >= 15 is 0 Å². The van der Waals surface area contributed by atoms with Crippen LogP contribution in [0.4, 0.5) is 11.4 Å². The van der Waals surface area contributed by atoms with Crippen LogP contribution in [0.3, 0.4) is 0 Å². The number of aromatic nitrogens is 1. The number of carbonyl (C=O) groups excluding carboxylic acids is 1. The number of anilines is 2. The van der Waals surface area contributed by atoms with Gasteiger partial charge in [0.05, 0.1) is 30.3 Å². The van der Waals surface area contributed by atoms with E-state index < -0.39 is 0 Å². The van der Waals surface area contributed by atoms with Crippen LogP contribution < -0.4 is 15.5 Å². The van der Waals surface area contributed by atoms with E-state index in [4.69, 9.17) is 0 Å². The number of carbonyl (C=O) groups is 1. The van der Waals surface area contributed by atoms with E-state index in [1.54, 1.807) is 19.4 Å². The Morgan fingerprint density at radius 1 is 1.41 bits per heavy atom. The standard InChI is InChI=1S/C12H20N4O/c1-4-15-10-6-11(8-14-7-10)16(5-2)9-12(17)13-3/h6-8,15H,4-5,9H2,1-3H3,(H,13,17). The van der Waals surface area contributed by atoms with Crippen LogP contribution in [0.1, 0.15) is 13.8 Å². The van der Waals surface area contributed by atoms with E-state index in [1.807, 2.05) is 24.8 Å². The van der Waals surface area contributed by atoms with E-state index in [9.17, 15) is 4.79 Å². The number of hydrogen-bond acceptors (Lipinski definition) is 4. The second-order valence-electron chi connectivity index (χ2n) is 3.65. The van der Waals surface area contributed by atoms with Gasteiger partial charge in [0, 0.05) is 20.1 Å². The van der Waals surface area contributed by atoms with Crippen molar-refractivity contribution in [1.29, 1.82) is 0 Å². The highest BCUT2D eigenvalue weighted by Gasteiger charge is 2.09. The van der Waals surface area contributed by atoms with Crippen molar-refractivity contribution in [2.24, 2.45) is 0 Å². The monoisotopic (exact) mass is 236 g/mol. The first-order valence-corrected chi connectivity index (χ1v) is 5.85. The molecule has 0 aliphatic carbocycles. The lowest BCUT2D eigenvalue weighted by Crippen LogP contribution is -2.35. The molecule has 0 aliphatic rings. The fourth-order valence-electron chi connectivity index (χ4n) is 1.54. The van der Waals surface area contributed by atoms with Gasteiger partial charge in [0.2, 0.25) is 5.91 Å². The van der Waals surface area contributed by atoms with E-state index in [2.05, 4.69) is 15.6 Å². The number of nitrogens with one attached hydrogen (secondary N) is 2. The fraction of sp³-hybridized carbons (Fsp3) is 0.500. The molecule has 0 aromatic carbocycles. The van der Waals surface area contributed by atoms with Gasteiger partial charge in [-0.2, -0.15) is 0 Å². The summed E-state index contributed by atoms with van der Waals surface area (Å²) in [6.07, 6.45) is 3.55.